The van der Waals surface area contributed by atoms with Crippen LogP contribution >= 0.6 is 0 Å². The summed E-state index contributed by atoms with van der Waals surface area (Å²) in [4.78, 5) is 13.3. The van der Waals surface area contributed by atoms with Crippen molar-refractivity contribution in [3.63, 3.8) is 0 Å². The number of piperidine rings is 1. The third kappa shape index (κ3) is 4.31. The first kappa shape index (κ1) is 18.4. The Bertz CT molecular complexity index is 961. The fourth-order valence-corrected chi connectivity index (χ4v) is 3.87. The van der Waals surface area contributed by atoms with Gasteiger partial charge in [0.05, 0.1) is 17.6 Å². The summed E-state index contributed by atoms with van der Waals surface area (Å²) in [6.07, 6.45) is 7.99. The molecule has 2 aromatic heterocycles. The number of aliphatic carboxylic acids is 1. The second-order valence-corrected chi connectivity index (χ2v) is 7.54. The van der Waals surface area contributed by atoms with Crippen LogP contribution in [-0.2, 0) is 17.9 Å². The van der Waals surface area contributed by atoms with Crippen molar-refractivity contribution in [2.45, 2.75) is 38.8 Å². The predicted molar refractivity (Wildman–Crippen MR) is 105 cm³/mol. The van der Waals surface area contributed by atoms with Crippen LogP contribution in [0.3, 0.4) is 0 Å². The molecule has 0 spiro atoms. The summed E-state index contributed by atoms with van der Waals surface area (Å²) in [5.74, 6) is -0.527. The Morgan fingerprint density at radius 2 is 2.21 bits per heavy atom. The topological polar surface area (TPSA) is 76.2 Å². The minimum absolute atomic E-state index is 0.0887. The number of nitrogens with zero attached hydrogens (tertiary/aromatic N) is 5. The fourth-order valence-electron chi connectivity index (χ4n) is 3.87. The Morgan fingerprint density at radius 3 is 3.04 bits per heavy atom. The highest BCUT2D eigenvalue weighted by atomic mass is 16.4. The highest BCUT2D eigenvalue weighted by Gasteiger charge is 2.23. The average Bonchev–Trinajstić information content (AvgIpc) is 3.31. The van der Waals surface area contributed by atoms with Crippen LogP contribution in [0.25, 0.3) is 5.69 Å². The molecule has 0 aliphatic carbocycles. The fraction of sp³-hybridized carbons (Fsp3) is 0.381. The summed E-state index contributed by atoms with van der Waals surface area (Å²) in [7, 11) is 0. The Morgan fingerprint density at radius 1 is 1.32 bits per heavy atom. The van der Waals surface area contributed by atoms with Crippen molar-refractivity contribution in [3.8, 4) is 5.69 Å². The molecule has 0 radical (unpaired) electrons. The Kier molecular flexibility index (Phi) is 5.25. The lowest BCUT2D eigenvalue weighted by Crippen LogP contribution is -2.34. The summed E-state index contributed by atoms with van der Waals surface area (Å²) < 4.78 is 3.43. The summed E-state index contributed by atoms with van der Waals surface area (Å²) in [6.45, 7) is 4.84. The van der Waals surface area contributed by atoms with Crippen LogP contribution in [0, 0.1) is 6.92 Å². The molecule has 28 heavy (non-hydrogen) atoms. The molecule has 7 heteroatoms. The van der Waals surface area contributed by atoms with E-state index < -0.39 is 5.97 Å². The molecule has 0 bridgehead atoms. The Balaban J connectivity index is 1.40. The lowest BCUT2D eigenvalue weighted by molar-refractivity contribution is -0.137. The maximum Gasteiger partial charge on any atom is 0.325 e. The van der Waals surface area contributed by atoms with Gasteiger partial charge in [-0.05, 0) is 50.1 Å². The van der Waals surface area contributed by atoms with E-state index in [0.29, 0.717) is 5.92 Å². The number of aromatic nitrogens is 4. The highest BCUT2D eigenvalue weighted by Crippen LogP contribution is 2.26. The van der Waals surface area contributed by atoms with Crippen LogP contribution in [0.5, 0.6) is 0 Å². The molecule has 1 fully saturated rings. The number of likely N-dealkylation sites (tertiary alicyclic amines) is 1. The van der Waals surface area contributed by atoms with Crippen molar-refractivity contribution >= 4 is 5.97 Å². The first-order valence-electron chi connectivity index (χ1n) is 9.65. The first-order valence-corrected chi connectivity index (χ1v) is 9.65. The van der Waals surface area contributed by atoms with Crippen LogP contribution in [0.15, 0.2) is 48.9 Å². The van der Waals surface area contributed by atoms with Gasteiger partial charge in [0.25, 0.3) is 0 Å². The first-order chi connectivity index (χ1) is 13.6. The largest absolute Gasteiger partial charge is 0.480 e. The number of hydrogen-bond acceptors (Lipinski definition) is 4. The van der Waals surface area contributed by atoms with E-state index in [4.69, 9.17) is 5.11 Å². The second kappa shape index (κ2) is 7.98. The average molecular weight is 379 g/mol. The monoisotopic (exact) mass is 379 g/mol. The van der Waals surface area contributed by atoms with Crippen LogP contribution in [-0.4, -0.2) is 48.6 Å². The van der Waals surface area contributed by atoms with Gasteiger partial charge in [-0.25, -0.2) is 4.68 Å². The molecule has 1 aromatic carbocycles. The van der Waals surface area contributed by atoms with Gasteiger partial charge in [-0.2, -0.15) is 10.2 Å². The van der Waals surface area contributed by atoms with Crippen molar-refractivity contribution in [2.24, 2.45) is 0 Å². The zero-order valence-electron chi connectivity index (χ0n) is 16.0. The quantitative estimate of drug-likeness (QED) is 0.713. The smallest absolute Gasteiger partial charge is 0.325 e. The molecular weight excluding hydrogens is 354 g/mol. The van der Waals surface area contributed by atoms with Crippen LogP contribution in [0.4, 0.5) is 0 Å². The molecule has 1 aliphatic heterocycles. The SMILES string of the molecule is Cc1cccc(-n2cc(CN3CCCC(c4ccn(CC(=O)O)n4)C3)cn2)c1. The van der Waals surface area contributed by atoms with Crippen molar-refractivity contribution < 1.29 is 9.90 Å². The van der Waals surface area contributed by atoms with Gasteiger partial charge in [-0.15, -0.1) is 0 Å². The van der Waals surface area contributed by atoms with E-state index in [9.17, 15) is 4.79 Å². The van der Waals surface area contributed by atoms with E-state index >= 15 is 0 Å². The number of benzene rings is 1. The number of rotatable bonds is 6. The number of carboxylic acids is 1. The van der Waals surface area contributed by atoms with Gasteiger partial charge in [0.1, 0.15) is 6.54 Å². The highest BCUT2D eigenvalue weighted by molar-refractivity contribution is 5.66. The molecule has 7 nitrogen and oxygen atoms in total. The molecule has 4 rings (SSSR count). The minimum atomic E-state index is -0.870. The molecule has 0 amide bonds. The van der Waals surface area contributed by atoms with Crippen LogP contribution in [0.1, 0.15) is 35.6 Å². The van der Waals surface area contributed by atoms with Gasteiger partial charge in [-0.1, -0.05) is 12.1 Å². The van der Waals surface area contributed by atoms with Crippen molar-refractivity contribution in [2.75, 3.05) is 13.1 Å². The van der Waals surface area contributed by atoms with E-state index in [1.807, 2.05) is 23.0 Å². The van der Waals surface area contributed by atoms with Crippen molar-refractivity contribution in [3.05, 3.63) is 65.7 Å². The Labute approximate surface area is 164 Å². The summed E-state index contributed by atoms with van der Waals surface area (Å²) in [6, 6.07) is 10.3. The van der Waals surface area contributed by atoms with Crippen molar-refractivity contribution in [1.29, 1.82) is 0 Å². The van der Waals surface area contributed by atoms with Gasteiger partial charge in [0, 0.05) is 37.0 Å². The number of aryl methyl sites for hydroxylation is 1. The van der Waals surface area contributed by atoms with E-state index in [0.717, 1.165) is 43.9 Å². The minimum Gasteiger partial charge on any atom is -0.480 e. The third-order valence-electron chi connectivity index (χ3n) is 5.19. The van der Waals surface area contributed by atoms with Gasteiger partial charge < -0.3 is 5.11 Å². The number of carboxylic acid groups (broad SMARTS) is 1. The lowest BCUT2D eigenvalue weighted by Gasteiger charge is -2.31. The van der Waals surface area contributed by atoms with E-state index in [2.05, 4.69) is 46.4 Å². The van der Waals surface area contributed by atoms with E-state index in [1.165, 1.54) is 15.8 Å². The second-order valence-electron chi connectivity index (χ2n) is 7.54. The van der Waals surface area contributed by atoms with Crippen molar-refractivity contribution in [1.82, 2.24) is 24.5 Å². The molecule has 1 atom stereocenters. The Hall–Kier alpha value is -2.93. The predicted octanol–water partition coefficient (Wildman–Crippen LogP) is 2.84. The van der Waals surface area contributed by atoms with Gasteiger partial charge in [-0.3, -0.25) is 14.4 Å². The molecule has 1 aliphatic rings. The number of hydrogen-bond donors (Lipinski definition) is 1. The van der Waals surface area contributed by atoms with Gasteiger partial charge >= 0.3 is 5.97 Å². The zero-order chi connectivity index (χ0) is 19.5. The van der Waals surface area contributed by atoms with Crippen LogP contribution in [0.2, 0.25) is 0 Å². The molecule has 0 saturated carbocycles. The summed E-state index contributed by atoms with van der Waals surface area (Å²) >= 11 is 0. The van der Waals surface area contributed by atoms with Crippen LogP contribution < -0.4 is 0 Å². The van der Waals surface area contributed by atoms with Gasteiger partial charge in [0.2, 0.25) is 0 Å². The molecule has 1 N–H and O–H groups in total. The van der Waals surface area contributed by atoms with E-state index in [-0.39, 0.29) is 6.54 Å². The maximum atomic E-state index is 10.9. The zero-order valence-corrected chi connectivity index (χ0v) is 16.0. The molecular formula is C21H25N5O2. The van der Waals surface area contributed by atoms with E-state index in [1.54, 1.807) is 6.20 Å². The molecule has 3 heterocycles. The molecule has 146 valence electrons. The normalized spacial score (nSPS) is 17.7. The third-order valence-corrected chi connectivity index (χ3v) is 5.19. The molecule has 3 aromatic rings. The molecule has 1 unspecified atom stereocenters. The number of carbonyl (C=O) groups is 1. The lowest BCUT2D eigenvalue weighted by atomic mass is 9.95. The summed E-state index contributed by atoms with van der Waals surface area (Å²) in [5, 5.41) is 17.9. The van der Waals surface area contributed by atoms with Gasteiger partial charge in [0.15, 0.2) is 0 Å². The maximum absolute atomic E-state index is 10.9. The summed E-state index contributed by atoms with van der Waals surface area (Å²) in [5.41, 5.74) is 4.47. The molecule has 1 saturated heterocycles. The standard InChI is InChI=1S/C21H25N5O2/c1-16-4-2-6-19(10-16)26-13-17(11-22-26)12-24-8-3-5-18(14-24)20-7-9-25(23-20)15-21(27)28/h2,4,6-7,9-11,13,18H,3,5,8,12,14-15H2,1H3,(H,27,28).